The highest BCUT2D eigenvalue weighted by atomic mass is 19.1. The second-order valence-corrected chi connectivity index (χ2v) is 6.05. The summed E-state index contributed by atoms with van der Waals surface area (Å²) in [6.07, 6.45) is 0.693. The third kappa shape index (κ3) is 3.22. The predicted octanol–water partition coefficient (Wildman–Crippen LogP) is 3.90. The molecule has 0 saturated carbocycles. The normalized spacial score (nSPS) is 10.9. The van der Waals surface area contributed by atoms with Crippen LogP contribution in [-0.4, -0.2) is 24.5 Å². The van der Waals surface area contributed by atoms with E-state index < -0.39 is 5.82 Å². The number of halogens is 1. The van der Waals surface area contributed by atoms with Crippen molar-refractivity contribution in [1.82, 2.24) is 10.3 Å². The lowest BCUT2D eigenvalue weighted by Crippen LogP contribution is -2.26. The van der Waals surface area contributed by atoms with Gasteiger partial charge in [-0.3, -0.25) is 4.79 Å². The highest BCUT2D eigenvalue weighted by Crippen LogP contribution is 2.25. The molecule has 0 radical (unpaired) electrons. The molecule has 25 heavy (non-hydrogen) atoms. The molecule has 1 amide bonds. The molecule has 0 unspecified atom stereocenters. The first-order valence-corrected chi connectivity index (χ1v) is 8.20. The predicted molar refractivity (Wildman–Crippen MR) is 96.8 cm³/mol. The van der Waals surface area contributed by atoms with E-state index in [2.05, 4.69) is 29.4 Å². The zero-order valence-electron chi connectivity index (χ0n) is 14.6. The van der Waals surface area contributed by atoms with Gasteiger partial charge in [-0.2, -0.15) is 0 Å². The van der Waals surface area contributed by atoms with Gasteiger partial charge in [0.2, 0.25) is 0 Å². The average Bonchev–Trinajstić information content (AvgIpc) is 2.92. The first kappa shape index (κ1) is 17.0. The first-order chi connectivity index (χ1) is 12.0. The van der Waals surface area contributed by atoms with Gasteiger partial charge in [-0.05, 0) is 43.5 Å². The zero-order valence-corrected chi connectivity index (χ0v) is 14.6. The number of hydrogen-bond donors (Lipinski definition) is 2. The van der Waals surface area contributed by atoms with Crippen LogP contribution in [0.5, 0.6) is 5.75 Å². The van der Waals surface area contributed by atoms with Crippen LogP contribution in [0.3, 0.4) is 0 Å². The van der Waals surface area contributed by atoms with Crippen molar-refractivity contribution in [1.29, 1.82) is 0 Å². The topological polar surface area (TPSA) is 54.1 Å². The van der Waals surface area contributed by atoms with Crippen molar-refractivity contribution in [3.05, 3.63) is 64.6 Å². The minimum Gasteiger partial charge on any atom is -0.493 e. The third-order valence-corrected chi connectivity index (χ3v) is 4.44. The molecular formula is C20H21FN2O2. The van der Waals surface area contributed by atoms with Gasteiger partial charge < -0.3 is 15.0 Å². The number of ether oxygens (including phenoxy) is 1. The van der Waals surface area contributed by atoms with E-state index in [4.69, 9.17) is 4.74 Å². The Kier molecular flexibility index (Phi) is 4.74. The van der Waals surface area contributed by atoms with Crippen molar-refractivity contribution in [2.45, 2.75) is 20.3 Å². The molecule has 5 heteroatoms. The number of para-hydroxylation sites is 2. The lowest BCUT2D eigenvalue weighted by molar-refractivity contribution is 0.0950. The van der Waals surface area contributed by atoms with Crippen LogP contribution in [0.2, 0.25) is 0 Å². The van der Waals surface area contributed by atoms with E-state index in [1.165, 1.54) is 35.8 Å². The molecule has 2 aromatic carbocycles. The van der Waals surface area contributed by atoms with Gasteiger partial charge in [-0.15, -0.1) is 0 Å². The van der Waals surface area contributed by atoms with Crippen LogP contribution in [0.25, 0.3) is 10.9 Å². The number of amides is 1. The van der Waals surface area contributed by atoms with Crippen LogP contribution in [0.4, 0.5) is 4.39 Å². The molecule has 130 valence electrons. The Morgan fingerprint density at radius 1 is 1.20 bits per heavy atom. The Hall–Kier alpha value is -2.82. The zero-order chi connectivity index (χ0) is 18.0. The maximum absolute atomic E-state index is 13.7. The molecule has 3 rings (SSSR count). The van der Waals surface area contributed by atoms with Crippen molar-refractivity contribution >= 4 is 16.8 Å². The number of hydrogen-bond acceptors (Lipinski definition) is 2. The molecule has 0 fully saturated rings. The summed E-state index contributed by atoms with van der Waals surface area (Å²) in [4.78, 5) is 15.8. The Morgan fingerprint density at radius 3 is 2.72 bits per heavy atom. The number of rotatable bonds is 5. The SMILES string of the molecule is COc1c(F)cccc1C(=O)NCCc1c(C)[nH]c2c(C)cccc12. The summed E-state index contributed by atoms with van der Waals surface area (Å²) in [6.45, 7) is 4.56. The largest absolute Gasteiger partial charge is 0.493 e. The summed E-state index contributed by atoms with van der Waals surface area (Å²) >= 11 is 0. The molecule has 0 aliphatic rings. The van der Waals surface area contributed by atoms with E-state index in [1.54, 1.807) is 6.07 Å². The molecule has 0 spiro atoms. The second kappa shape index (κ2) is 6.97. The minimum atomic E-state index is -0.543. The second-order valence-electron chi connectivity index (χ2n) is 6.05. The van der Waals surface area contributed by atoms with Gasteiger partial charge in [0.15, 0.2) is 11.6 Å². The van der Waals surface area contributed by atoms with Crippen LogP contribution in [0.15, 0.2) is 36.4 Å². The summed E-state index contributed by atoms with van der Waals surface area (Å²) in [5, 5.41) is 4.02. The summed E-state index contributed by atoms with van der Waals surface area (Å²) in [5.41, 5.74) is 4.81. The van der Waals surface area contributed by atoms with Crippen LogP contribution < -0.4 is 10.1 Å². The molecule has 0 atom stereocenters. The molecule has 0 aliphatic carbocycles. The monoisotopic (exact) mass is 340 g/mol. The fourth-order valence-corrected chi connectivity index (χ4v) is 3.16. The van der Waals surface area contributed by atoms with Crippen molar-refractivity contribution in [3.8, 4) is 5.75 Å². The van der Waals surface area contributed by atoms with Gasteiger partial charge in [0.05, 0.1) is 12.7 Å². The van der Waals surface area contributed by atoms with Crippen LogP contribution in [0.1, 0.15) is 27.2 Å². The van der Waals surface area contributed by atoms with Gasteiger partial charge >= 0.3 is 0 Å². The summed E-state index contributed by atoms with van der Waals surface area (Å²) in [7, 11) is 1.35. The average molecular weight is 340 g/mol. The first-order valence-electron chi connectivity index (χ1n) is 8.20. The Labute approximate surface area is 146 Å². The molecule has 4 nitrogen and oxygen atoms in total. The number of aromatic nitrogens is 1. The van der Waals surface area contributed by atoms with E-state index in [9.17, 15) is 9.18 Å². The molecule has 0 saturated heterocycles. The highest BCUT2D eigenvalue weighted by molar-refractivity contribution is 5.97. The summed E-state index contributed by atoms with van der Waals surface area (Å²) in [6, 6.07) is 10.5. The van der Waals surface area contributed by atoms with Crippen molar-refractivity contribution in [2.75, 3.05) is 13.7 Å². The number of benzene rings is 2. The Bertz CT molecular complexity index is 931. The maximum atomic E-state index is 13.7. The Morgan fingerprint density at radius 2 is 1.96 bits per heavy atom. The molecule has 0 bridgehead atoms. The number of aryl methyl sites for hydroxylation is 2. The van der Waals surface area contributed by atoms with Gasteiger partial charge in [0.1, 0.15) is 0 Å². The van der Waals surface area contributed by atoms with Crippen molar-refractivity contribution in [3.63, 3.8) is 0 Å². The summed E-state index contributed by atoms with van der Waals surface area (Å²) in [5.74, 6) is -0.915. The maximum Gasteiger partial charge on any atom is 0.255 e. The molecular weight excluding hydrogens is 319 g/mol. The number of aromatic amines is 1. The number of nitrogens with one attached hydrogen (secondary N) is 2. The van der Waals surface area contributed by atoms with E-state index in [0.29, 0.717) is 13.0 Å². The van der Waals surface area contributed by atoms with E-state index in [1.807, 2.05) is 13.0 Å². The van der Waals surface area contributed by atoms with Crippen LogP contribution >= 0.6 is 0 Å². The Balaban J connectivity index is 1.74. The van der Waals surface area contributed by atoms with Crippen molar-refractivity contribution in [2.24, 2.45) is 0 Å². The van der Waals surface area contributed by atoms with E-state index >= 15 is 0 Å². The number of fused-ring (bicyclic) bond motifs is 1. The molecule has 1 heterocycles. The van der Waals surface area contributed by atoms with E-state index in [0.717, 1.165) is 11.2 Å². The highest BCUT2D eigenvalue weighted by Gasteiger charge is 2.16. The number of carbonyl (C=O) groups excluding carboxylic acids is 1. The standard InChI is InChI=1S/C20H21FN2O2/c1-12-6-4-7-15-14(13(2)23-18(12)15)10-11-22-20(24)16-8-5-9-17(21)19(16)25-3/h4-9,23H,10-11H2,1-3H3,(H,22,24). The fraction of sp³-hybridized carbons (Fsp3) is 0.250. The van der Waals surface area contributed by atoms with Crippen LogP contribution in [-0.2, 0) is 6.42 Å². The number of methoxy groups -OCH3 is 1. The van der Waals surface area contributed by atoms with Crippen LogP contribution in [0, 0.1) is 19.7 Å². The molecule has 3 aromatic rings. The minimum absolute atomic E-state index is 0.0288. The fourth-order valence-electron chi connectivity index (χ4n) is 3.16. The van der Waals surface area contributed by atoms with E-state index in [-0.39, 0.29) is 17.2 Å². The van der Waals surface area contributed by atoms with Gasteiger partial charge in [0.25, 0.3) is 5.91 Å². The van der Waals surface area contributed by atoms with Gasteiger partial charge in [0, 0.05) is 23.1 Å². The van der Waals surface area contributed by atoms with Gasteiger partial charge in [-0.25, -0.2) is 4.39 Å². The molecule has 1 aromatic heterocycles. The molecule has 0 aliphatic heterocycles. The summed E-state index contributed by atoms with van der Waals surface area (Å²) < 4.78 is 18.7. The lowest BCUT2D eigenvalue weighted by atomic mass is 10.1. The third-order valence-electron chi connectivity index (χ3n) is 4.44. The van der Waals surface area contributed by atoms with Gasteiger partial charge in [-0.1, -0.05) is 24.3 Å². The lowest BCUT2D eigenvalue weighted by Gasteiger charge is -2.10. The smallest absolute Gasteiger partial charge is 0.255 e. The molecule has 2 N–H and O–H groups in total. The number of H-pyrrole nitrogens is 1. The quantitative estimate of drug-likeness (QED) is 0.740. The van der Waals surface area contributed by atoms with Crippen molar-refractivity contribution < 1.29 is 13.9 Å². The number of carbonyl (C=O) groups is 1.